The van der Waals surface area contributed by atoms with E-state index < -0.39 is 0 Å². The zero-order valence-corrected chi connectivity index (χ0v) is 9.96. The van der Waals surface area contributed by atoms with Gasteiger partial charge in [-0.25, -0.2) is 0 Å². The molecule has 0 bridgehead atoms. The molecule has 0 aromatic carbocycles. The highest BCUT2D eigenvalue weighted by atomic mass is 35.5. The predicted octanol–water partition coefficient (Wildman–Crippen LogP) is 2.56. The molecule has 13 heavy (non-hydrogen) atoms. The molecule has 0 aromatic heterocycles. The molecule has 78 valence electrons. The van der Waals surface area contributed by atoms with E-state index in [9.17, 15) is 4.79 Å². The predicted molar refractivity (Wildman–Crippen MR) is 57.0 cm³/mol. The quantitative estimate of drug-likeness (QED) is 0.705. The van der Waals surface area contributed by atoms with Crippen LogP contribution < -0.4 is 5.32 Å². The van der Waals surface area contributed by atoms with Crippen molar-refractivity contribution in [2.24, 2.45) is 5.41 Å². The molecular weight excluding hydrogens is 186 g/mol. The van der Waals surface area contributed by atoms with E-state index in [1.807, 2.05) is 34.6 Å². The number of alkyl halides is 1. The second-order valence-electron chi connectivity index (χ2n) is 5.30. The van der Waals surface area contributed by atoms with Crippen LogP contribution in [0.25, 0.3) is 0 Å². The first-order valence-corrected chi connectivity index (χ1v) is 5.07. The molecule has 0 rings (SSSR count). The fourth-order valence-electron chi connectivity index (χ4n) is 0.937. The van der Waals surface area contributed by atoms with Crippen molar-refractivity contribution in [3.63, 3.8) is 0 Å². The van der Waals surface area contributed by atoms with Crippen LogP contribution >= 0.6 is 11.6 Å². The maximum atomic E-state index is 11.5. The lowest BCUT2D eigenvalue weighted by molar-refractivity contribution is -0.124. The lowest BCUT2D eigenvalue weighted by Crippen LogP contribution is -2.45. The Morgan fingerprint density at radius 3 is 2.00 bits per heavy atom. The second kappa shape index (κ2) is 4.32. The molecule has 0 spiro atoms. The van der Waals surface area contributed by atoms with E-state index in [0.717, 1.165) is 0 Å². The van der Waals surface area contributed by atoms with Crippen molar-refractivity contribution in [2.45, 2.75) is 46.6 Å². The first-order chi connectivity index (χ1) is 5.66. The summed E-state index contributed by atoms with van der Waals surface area (Å²) in [5.74, 6) is 0.501. The molecule has 1 amide bonds. The Labute approximate surface area is 86.0 Å². The molecule has 0 radical (unpaired) electrons. The van der Waals surface area contributed by atoms with Crippen LogP contribution in [-0.4, -0.2) is 17.3 Å². The van der Waals surface area contributed by atoms with Crippen LogP contribution in [0.4, 0.5) is 0 Å². The summed E-state index contributed by atoms with van der Waals surface area (Å²) in [5, 5.41) is 2.89. The van der Waals surface area contributed by atoms with Gasteiger partial charge in [0.1, 0.15) is 0 Å². The first-order valence-electron chi connectivity index (χ1n) is 4.53. The van der Waals surface area contributed by atoms with Crippen LogP contribution in [-0.2, 0) is 4.79 Å². The molecule has 0 unspecified atom stereocenters. The van der Waals surface area contributed by atoms with Gasteiger partial charge in [-0.1, -0.05) is 20.8 Å². The van der Waals surface area contributed by atoms with Crippen molar-refractivity contribution in [3.8, 4) is 0 Å². The maximum absolute atomic E-state index is 11.5. The van der Waals surface area contributed by atoms with Crippen molar-refractivity contribution in [3.05, 3.63) is 0 Å². The van der Waals surface area contributed by atoms with Gasteiger partial charge in [-0.2, -0.15) is 0 Å². The third-order valence-corrected chi connectivity index (χ3v) is 2.17. The van der Waals surface area contributed by atoms with Gasteiger partial charge in [0.2, 0.25) is 5.91 Å². The van der Waals surface area contributed by atoms with E-state index in [-0.39, 0.29) is 16.9 Å². The summed E-state index contributed by atoms with van der Waals surface area (Å²) >= 11 is 5.69. The SMILES string of the molecule is CC(C)(C)CC(=O)NC(C)(C)CCl. The topological polar surface area (TPSA) is 29.1 Å². The van der Waals surface area contributed by atoms with Crippen LogP contribution in [0.5, 0.6) is 0 Å². The summed E-state index contributed by atoms with van der Waals surface area (Å²) in [4.78, 5) is 11.5. The van der Waals surface area contributed by atoms with Gasteiger partial charge in [-0.3, -0.25) is 4.79 Å². The standard InChI is InChI=1S/C10H20ClNO/c1-9(2,3)6-8(13)12-10(4,5)7-11/h6-7H2,1-5H3,(H,12,13). The molecule has 0 aromatic rings. The molecule has 0 saturated heterocycles. The molecule has 0 fully saturated rings. The van der Waals surface area contributed by atoms with Crippen molar-refractivity contribution in [1.82, 2.24) is 5.32 Å². The van der Waals surface area contributed by atoms with Gasteiger partial charge in [0, 0.05) is 17.8 Å². The summed E-state index contributed by atoms with van der Waals surface area (Å²) in [5.41, 5.74) is -0.267. The zero-order valence-electron chi connectivity index (χ0n) is 9.20. The fraction of sp³-hybridized carbons (Fsp3) is 0.900. The van der Waals surface area contributed by atoms with Gasteiger partial charge in [-0.15, -0.1) is 11.6 Å². The van der Waals surface area contributed by atoms with Gasteiger partial charge < -0.3 is 5.32 Å². The van der Waals surface area contributed by atoms with Crippen LogP contribution in [0, 0.1) is 5.41 Å². The minimum atomic E-state index is -0.302. The van der Waals surface area contributed by atoms with E-state index in [1.165, 1.54) is 0 Å². The number of nitrogens with one attached hydrogen (secondary N) is 1. The molecule has 0 aliphatic heterocycles. The third kappa shape index (κ3) is 6.88. The van der Waals surface area contributed by atoms with Gasteiger partial charge in [0.25, 0.3) is 0 Å². The average molecular weight is 206 g/mol. The van der Waals surface area contributed by atoms with Gasteiger partial charge in [0.15, 0.2) is 0 Å². The number of carbonyl (C=O) groups is 1. The summed E-state index contributed by atoms with van der Waals surface area (Å²) in [6, 6.07) is 0. The maximum Gasteiger partial charge on any atom is 0.220 e. The van der Waals surface area contributed by atoms with E-state index in [4.69, 9.17) is 11.6 Å². The lowest BCUT2D eigenvalue weighted by Gasteiger charge is -2.26. The Bertz CT molecular complexity index is 182. The Morgan fingerprint density at radius 2 is 1.69 bits per heavy atom. The smallest absolute Gasteiger partial charge is 0.220 e. The summed E-state index contributed by atoms with van der Waals surface area (Å²) in [6.07, 6.45) is 0.535. The number of carbonyl (C=O) groups excluding carboxylic acids is 1. The lowest BCUT2D eigenvalue weighted by atomic mass is 9.91. The Morgan fingerprint density at radius 1 is 1.23 bits per heavy atom. The molecule has 0 atom stereocenters. The summed E-state index contributed by atoms with van der Waals surface area (Å²) in [6.45, 7) is 9.96. The highest BCUT2D eigenvalue weighted by molar-refractivity contribution is 6.18. The Hall–Kier alpha value is -0.240. The summed E-state index contributed by atoms with van der Waals surface area (Å²) in [7, 11) is 0. The molecule has 0 saturated carbocycles. The number of hydrogen-bond donors (Lipinski definition) is 1. The minimum Gasteiger partial charge on any atom is -0.350 e. The minimum absolute atomic E-state index is 0.0342. The second-order valence-corrected chi connectivity index (χ2v) is 5.57. The van der Waals surface area contributed by atoms with E-state index >= 15 is 0 Å². The van der Waals surface area contributed by atoms with Crippen LogP contribution in [0.1, 0.15) is 41.0 Å². The zero-order chi connectivity index (χ0) is 10.7. The van der Waals surface area contributed by atoms with E-state index in [2.05, 4.69) is 5.32 Å². The van der Waals surface area contributed by atoms with Crippen molar-refractivity contribution in [1.29, 1.82) is 0 Å². The van der Waals surface area contributed by atoms with Crippen LogP contribution in [0.15, 0.2) is 0 Å². The van der Waals surface area contributed by atoms with Crippen molar-refractivity contribution in [2.75, 3.05) is 5.88 Å². The normalized spacial score (nSPS) is 12.8. The highest BCUT2D eigenvalue weighted by Gasteiger charge is 2.22. The summed E-state index contributed by atoms with van der Waals surface area (Å²) < 4.78 is 0. The van der Waals surface area contributed by atoms with Gasteiger partial charge in [0.05, 0.1) is 0 Å². The van der Waals surface area contributed by atoms with Crippen molar-refractivity contribution >= 4 is 17.5 Å². The van der Waals surface area contributed by atoms with E-state index in [0.29, 0.717) is 12.3 Å². The number of amides is 1. The molecule has 3 heteroatoms. The van der Waals surface area contributed by atoms with E-state index in [1.54, 1.807) is 0 Å². The largest absolute Gasteiger partial charge is 0.350 e. The number of rotatable bonds is 3. The first kappa shape index (κ1) is 12.8. The highest BCUT2D eigenvalue weighted by Crippen LogP contribution is 2.18. The number of halogens is 1. The van der Waals surface area contributed by atoms with Crippen LogP contribution in [0.3, 0.4) is 0 Å². The molecule has 2 nitrogen and oxygen atoms in total. The molecule has 0 aliphatic carbocycles. The Balaban J connectivity index is 4.03. The van der Waals surface area contributed by atoms with Crippen LogP contribution in [0.2, 0.25) is 0 Å². The van der Waals surface area contributed by atoms with Crippen molar-refractivity contribution < 1.29 is 4.79 Å². The molecule has 1 N–H and O–H groups in total. The fourth-order valence-corrected chi connectivity index (χ4v) is 1.00. The average Bonchev–Trinajstić information content (AvgIpc) is 1.81. The monoisotopic (exact) mass is 205 g/mol. The third-order valence-electron chi connectivity index (χ3n) is 1.50. The molecular formula is C10H20ClNO. The Kier molecular flexibility index (Phi) is 4.24. The number of hydrogen-bond acceptors (Lipinski definition) is 1. The molecule has 0 aliphatic rings. The van der Waals surface area contributed by atoms with Gasteiger partial charge in [-0.05, 0) is 19.3 Å². The molecule has 0 heterocycles. The van der Waals surface area contributed by atoms with Gasteiger partial charge >= 0.3 is 0 Å².